The first-order valence-corrected chi connectivity index (χ1v) is 8.75. The predicted octanol–water partition coefficient (Wildman–Crippen LogP) is 5.86. The summed E-state index contributed by atoms with van der Waals surface area (Å²) < 4.78 is 11.5. The molecule has 0 bridgehead atoms. The number of hydrogen-bond donors (Lipinski definition) is 0. The van der Waals surface area contributed by atoms with E-state index in [1.165, 1.54) is 10.4 Å². The van der Waals surface area contributed by atoms with E-state index < -0.39 is 0 Å². The third-order valence-electron chi connectivity index (χ3n) is 2.84. The number of thiophene rings is 1. The quantitative estimate of drug-likeness (QED) is 0.542. The van der Waals surface area contributed by atoms with Crippen LogP contribution in [-0.4, -0.2) is 14.2 Å². The fraction of sp³-hybridized carbons (Fsp3) is 0.286. The van der Waals surface area contributed by atoms with Crippen molar-refractivity contribution >= 4 is 54.8 Å². The maximum Gasteiger partial charge on any atom is 0.160 e. The fourth-order valence-corrected chi connectivity index (χ4v) is 4.34. The molecule has 108 valence electrons. The van der Waals surface area contributed by atoms with E-state index in [0.717, 1.165) is 26.7 Å². The number of methoxy groups -OCH3 is 2. The molecule has 0 spiro atoms. The zero-order chi connectivity index (χ0) is 14.7. The molecule has 0 radical (unpaired) electrons. The van der Waals surface area contributed by atoms with Crippen LogP contribution in [0.25, 0.3) is 0 Å². The molecule has 2 aromatic rings. The topological polar surface area (TPSA) is 18.5 Å². The van der Waals surface area contributed by atoms with E-state index in [1.54, 1.807) is 25.6 Å². The molecule has 1 unspecified atom stereocenters. The maximum absolute atomic E-state index is 6.07. The highest BCUT2D eigenvalue weighted by Gasteiger charge is 2.15. The number of ether oxygens (including phenoxy) is 2. The fourth-order valence-electron chi connectivity index (χ4n) is 1.83. The molecular formula is C14H13Br2ClO2S. The molecule has 0 saturated heterocycles. The Kier molecular flexibility index (Phi) is 5.78. The number of hydrogen-bond acceptors (Lipinski definition) is 3. The average Bonchev–Trinajstić information content (AvgIpc) is 2.78. The minimum Gasteiger partial charge on any atom is -0.493 e. The van der Waals surface area contributed by atoms with E-state index in [1.807, 2.05) is 24.3 Å². The molecule has 0 aliphatic carbocycles. The van der Waals surface area contributed by atoms with Crippen molar-refractivity contribution in [2.45, 2.75) is 11.2 Å². The highest BCUT2D eigenvalue weighted by molar-refractivity contribution is 9.11. The second-order valence-corrected chi connectivity index (χ2v) is 8.05. The van der Waals surface area contributed by atoms with Gasteiger partial charge >= 0.3 is 0 Å². The van der Waals surface area contributed by atoms with Gasteiger partial charge in [-0.1, -0.05) is 33.6 Å². The lowest BCUT2D eigenvalue weighted by atomic mass is 10.1. The normalized spacial score (nSPS) is 12.2. The van der Waals surface area contributed by atoms with E-state index in [4.69, 9.17) is 21.1 Å². The minimum atomic E-state index is 0.217. The number of alkyl halides is 1. The Bertz CT molecular complexity index is 581. The number of rotatable bonds is 5. The Morgan fingerprint density at radius 1 is 1.20 bits per heavy atom. The molecule has 0 saturated carbocycles. The van der Waals surface area contributed by atoms with Gasteiger partial charge in [0.25, 0.3) is 0 Å². The molecule has 1 aromatic heterocycles. The summed E-state index contributed by atoms with van der Waals surface area (Å²) in [5.41, 5.74) is 1.17. The Labute approximate surface area is 144 Å². The lowest BCUT2D eigenvalue weighted by Gasteiger charge is -2.11. The summed E-state index contributed by atoms with van der Waals surface area (Å²) in [6, 6.07) is 7.94. The summed E-state index contributed by atoms with van der Waals surface area (Å²) in [6.07, 6.45) is 0.851. The zero-order valence-corrected chi connectivity index (χ0v) is 15.7. The van der Waals surface area contributed by atoms with Gasteiger partial charge in [0.05, 0.1) is 27.9 Å². The van der Waals surface area contributed by atoms with Crippen LogP contribution in [0.5, 0.6) is 11.5 Å². The molecule has 1 aromatic carbocycles. The van der Waals surface area contributed by atoms with Gasteiger partial charge < -0.3 is 9.47 Å². The lowest BCUT2D eigenvalue weighted by Crippen LogP contribution is -1.96. The van der Waals surface area contributed by atoms with Gasteiger partial charge in [0.2, 0.25) is 0 Å². The first-order chi connectivity index (χ1) is 9.55. The van der Waals surface area contributed by atoms with Gasteiger partial charge in [-0.05, 0) is 46.1 Å². The van der Waals surface area contributed by atoms with E-state index in [9.17, 15) is 0 Å². The molecule has 1 heterocycles. The van der Waals surface area contributed by atoms with E-state index in [2.05, 4.69) is 31.9 Å². The molecule has 0 fully saturated rings. The van der Waals surface area contributed by atoms with Crippen LogP contribution in [0.1, 0.15) is 15.3 Å². The Morgan fingerprint density at radius 2 is 1.90 bits per heavy atom. The van der Waals surface area contributed by atoms with Gasteiger partial charge in [-0.2, -0.15) is 0 Å². The van der Waals surface area contributed by atoms with Crippen LogP contribution < -0.4 is 9.47 Å². The van der Waals surface area contributed by atoms with E-state index in [-0.39, 0.29) is 4.83 Å². The summed E-state index contributed by atoms with van der Waals surface area (Å²) in [4.78, 5) is 1.41. The minimum absolute atomic E-state index is 0.217. The molecule has 20 heavy (non-hydrogen) atoms. The Balaban J connectivity index is 2.17. The molecule has 0 aliphatic heterocycles. The molecule has 0 N–H and O–H groups in total. The maximum atomic E-state index is 6.07. The van der Waals surface area contributed by atoms with Crippen LogP contribution in [0.15, 0.2) is 28.1 Å². The number of halogens is 3. The molecule has 0 aliphatic rings. The van der Waals surface area contributed by atoms with Crippen molar-refractivity contribution in [3.8, 4) is 11.5 Å². The summed E-state index contributed by atoms with van der Waals surface area (Å²) in [5, 5.41) is 0.752. The van der Waals surface area contributed by atoms with Crippen molar-refractivity contribution in [3.05, 3.63) is 43.5 Å². The van der Waals surface area contributed by atoms with Crippen LogP contribution in [0, 0.1) is 0 Å². The molecule has 0 amide bonds. The smallest absolute Gasteiger partial charge is 0.160 e. The van der Waals surface area contributed by atoms with E-state index in [0.29, 0.717) is 0 Å². The third-order valence-corrected chi connectivity index (χ3v) is 6.54. The van der Waals surface area contributed by atoms with Gasteiger partial charge in [-0.3, -0.25) is 0 Å². The van der Waals surface area contributed by atoms with Gasteiger partial charge in [0, 0.05) is 4.88 Å². The van der Waals surface area contributed by atoms with Crippen molar-refractivity contribution in [2.24, 2.45) is 0 Å². The van der Waals surface area contributed by atoms with Crippen LogP contribution in [0.2, 0.25) is 5.02 Å². The first-order valence-electron chi connectivity index (χ1n) is 5.85. The predicted molar refractivity (Wildman–Crippen MR) is 91.9 cm³/mol. The standard InChI is InChI=1S/C14H13Br2ClO2S/c1-18-11-4-3-8(6-12(11)19-2)5-9(15)13-7-10(17)14(16)20-13/h3-4,6-7,9H,5H2,1-2H3. The van der Waals surface area contributed by atoms with Crippen LogP contribution in [0.3, 0.4) is 0 Å². The lowest BCUT2D eigenvalue weighted by molar-refractivity contribution is 0.354. The molecular weight excluding hydrogens is 427 g/mol. The third kappa shape index (κ3) is 3.70. The molecule has 2 rings (SSSR count). The highest BCUT2D eigenvalue weighted by atomic mass is 79.9. The second-order valence-electron chi connectivity index (χ2n) is 4.13. The van der Waals surface area contributed by atoms with Gasteiger partial charge in [-0.15, -0.1) is 11.3 Å². The van der Waals surface area contributed by atoms with Gasteiger partial charge in [-0.25, -0.2) is 0 Å². The van der Waals surface area contributed by atoms with Crippen LogP contribution in [0.4, 0.5) is 0 Å². The largest absolute Gasteiger partial charge is 0.493 e. The Morgan fingerprint density at radius 3 is 2.45 bits per heavy atom. The summed E-state index contributed by atoms with van der Waals surface area (Å²) in [6.45, 7) is 0. The number of benzene rings is 1. The summed E-state index contributed by atoms with van der Waals surface area (Å²) >= 11 is 14.9. The van der Waals surface area contributed by atoms with Crippen molar-refractivity contribution in [1.82, 2.24) is 0 Å². The Hall–Kier alpha value is -0.230. The van der Waals surface area contributed by atoms with Gasteiger partial charge in [0.15, 0.2) is 11.5 Å². The van der Waals surface area contributed by atoms with Crippen LogP contribution in [-0.2, 0) is 6.42 Å². The molecule has 1 atom stereocenters. The van der Waals surface area contributed by atoms with Crippen LogP contribution >= 0.6 is 54.8 Å². The average molecular weight is 441 g/mol. The SMILES string of the molecule is COc1ccc(CC(Br)c2cc(Cl)c(Br)s2)cc1OC. The summed E-state index contributed by atoms with van der Waals surface area (Å²) in [7, 11) is 3.28. The van der Waals surface area contributed by atoms with Crippen molar-refractivity contribution in [3.63, 3.8) is 0 Å². The van der Waals surface area contributed by atoms with Gasteiger partial charge in [0.1, 0.15) is 0 Å². The van der Waals surface area contributed by atoms with E-state index >= 15 is 0 Å². The van der Waals surface area contributed by atoms with Crippen molar-refractivity contribution in [1.29, 1.82) is 0 Å². The van der Waals surface area contributed by atoms with Crippen molar-refractivity contribution < 1.29 is 9.47 Å². The second kappa shape index (κ2) is 7.16. The highest BCUT2D eigenvalue weighted by Crippen LogP contribution is 2.40. The monoisotopic (exact) mass is 438 g/mol. The summed E-state index contributed by atoms with van der Waals surface area (Å²) in [5.74, 6) is 1.49. The molecule has 6 heteroatoms. The van der Waals surface area contributed by atoms with Crippen molar-refractivity contribution in [2.75, 3.05) is 14.2 Å². The molecule has 2 nitrogen and oxygen atoms in total. The zero-order valence-electron chi connectivity index (χ0n) is 11.0. The first kappa shape index (κ1) is 16.1.